The minimum absolute atomic E-state index is 0.0266. The Morgan fingerprint density at radius 3 is 2.77 bits per heavy atom. The molecule has 0 radical (unpaired) electrons. The molecule has 70 valence electrons. The van der Waals surface area contributed by atoms with Crippen molar-refractivity contribution >= 4 is 23.4 Å². The summed E-state index contributed by atoms with van der Waals surface area (Å²) in [6.07, 6.45) is 1.96. The van der Waals surface area contributed by atoms with Gasteiger partial charge in [0.1, 0.15) is 0 Å². The maximum Gasteiger partial charge on any atom is 0.307 e. The molecular weight excluding hydrogens is 186 g/mol. The van der Waals surface area contributed by atoms with E-state index in [1.54, 1.807) is 23.9 Å². The van der Waals surface area contributed by atoms with Crippen molar-refractivity contribution in [3.05, 3.63) is 23.8 Å². The molecule has 4 heteroatoms. The summed E-state index contributed by atoms with van der Waals surface area (Å²) < 4.78 is 0. The standard InChI is InChI=1S/C9H11NO2S/c1-13-8-3-2-6(4-7(8)10)5-9(11)12/h2-4H,5,10H2,1H3,(H,11,12). The molecule has 3 nitrogen and oxygen atoms in total. The average molecular weight is 197 g/mol. The van der Waals surface area contributed by atoms with E-state index in [4.69, 9.17) is 10.8 Å². The first-order valence-corrected chi connectivity index (χ1v) is 5.00. The highest BCUT2D eigenvalue weighted by atomic mass is 32.2. The molecule has 0 spiro atoms. The Bertz CT molecular complexity index is 325. The third-order valence-corrected chi connectivity index (χ3v) is 2.46. The smallest absolute Gasteiger partial charge is 0.307 e. The van der Waals surface area contributed by atoms with Crippen LogP contribution < -0.4 is 5.73 Å². The lowest BCUT2D eigenvalue weighted by Crippen LogP contribution is -2.01. The van der Waals surface area contributed by atoms with Gasteiger partial charge in [0.15, 0.2) is 0 Å². The summed E-state index contributed by atoms with van der Waals surface area (Å²) in [5.41, 5.74) is 7.08. The van der Waals surface area contributed by atoms with E-state index in [0.717, 1.165) is 10.5 Å². The molecule has 0 aliphatic carbocycles. The lowest BCUT2D eigenvalue weighted by molar-refractivity contribution is -0.136. The van der Waals surface area contributed by atoms with Crippen molar-refractivity contribution in [1.82, 2.24) is 0 Å². The lowest BCUT2D eigenvalue weighted by atomic mass is 10.1. The number of carboxylic acid groups (broad SMARTS) is 1. The molecule has 0 aliphatic rings. The molecule has 0 atom stereocenters. The topological polar surface area (TPSA) is 63.3 Å². The van der Waals surface area contributed by atoms with Gasteiger partial charge in [0.25, 0.3) is 0 Å². The van der Waals surface area contributed by atoms with Crippen molar-refractivity contribution in [1.29, 1.82) is 0 Å². The molecule has 0 saturated heterocycles. The van der Waals surface area contributed by atoms with E-state index in [0.29, 0.717) is 5.69 Å². The summed E-state index contributed by atoms with van der Waals surface area (Å²) in [7, 11) is 0. The van der Waals surface area contributed by atoms with Crippen LogP contribution in [0.25, 0.3) is 0 Å². The number of hydrogen-bond donors (Lipinski definition) is 2. The van der Waals surface area contributed by atoms with Crippen LogP contribution in [0.3, 0.4) is 0 Å². The molecule has 0 heterocycles. The lowest BCUT2D eigenvalue weighted by Gasteiger charge is -2.03. The Labute approximate surface area is 80.9 Å². The summed E-state index contributed by atoms with van der Waals surface area (Å²) in [5, 5.41) is 8.54. The molecule has 3 N–H and O–H groups in total. The zero-order chi connectivity index (χ0) is 9.84. The Morgan fingerprint density at radius 2 is 2.31 bits per heavy atom. The second kappa shape index (κ2) is 4.18. The first-order valence-electron chi connectivity index (χ1n) is 3.77. The molecule has 0 unspecified atom stereocenters. The number of hydrogen-bond acceptors (Lipinski definition) is 3. The van der Waals surface area contributed by atoms with Gasteiger partial charge in [-0.3, -0.25) is 4.79 Å². The summed E-state index contributed by atoms with van der Waals surface area (Å²) in [4.78, 5) is 11.4. The van der Waals surface area contributed by atoms with E-state index in [1.165, 1.54) is 0 Å². The minimum Gasteiger partial charge on any atom is -0.481 e. The van der Waals surface area contributed by atoms with Crippen LogP contribution in [0.1, 0.15) is 5.56 Å². The number of nitrogens with two attached hydrogens (primary N) is 1. The molecule has 0 saturated carbocycles. The number of carboxylic acids is 1. The predicted octanol–water partition coefficient (Wildman–Crippen LogP) is 1.62. The van der Waals surface area contributed by atoms with Crippen molar-refractivity contribution in [3.63, 3.8) is 0 Å². The molecule has 0 aliphatic heterocycles. The van der Waals surface area contributed by atoms with Crippen molar-refractivity contribution in [2.45, 2.75) is 11.3 Å². The number of thioether (sulfide) groups is 1. The Morgan fingerprint density at radius 1 is 1.62 bits per heavy atom. The van der Waals surface area contributed by atoms with Crippen LogP contribution in [0.4, 0.5) is 5.69 Å². The van der Waals surface area contributed by atoms with Crippen molar-refractivity contribution < 1.29 is 9.90 Å². The molecule has 0 amide bonds. The number of rotatable bonds is 3. The van der Waals surface area contributed by atoms with E-state index in [2.05, 4.69) is 0 Å². The van der Waals surface area contributed by atoms with Gasteiger partial charge in [-0.2, -0.15) is 0 Å². The number of aliphatic carboxylic acids is 1. The summed E-state index contributed by atoms with van der Waals surface area (Å²) in [5.74, 6) is -0.837. The van der Waals surface area contributed by atoms with Gasteiger partial charge in [0.2, 0.25) is 0 Å². The van der Waals surface area contributed by atoms with Gasteiger partial charge in [0, 0.05) is 10.6 Å². The molecule has 1 rings (SSSR count). The number of carbonyl (C=O) groups is 1. The molecule has 0 bridgehead atoms. The molecule has 1 aromatic rings. The zero-order valence-electron chi connectivity index (χ0n) is 7.28. The summed E-state index contributed by atoms with van der Waals surface area (Å²) >= 11 is 1.55. The summed E-state index contributed by atoms with van der Waals surface area (Å²) in [6.45, 7) is 0. The van der Waals surface area contributed by atoms with Crippen LogP contribution in [0.2, 0.25) is 0 Å². The fourth-order valence-corrected chi connectivity index (χ4v) is 1.57. The number of nitrogen functional groups attached to an aromatic ring is 1. The second-order valence-electron chi connectivity index (χ2n) is 2.65. The Hall–Kier alpha value is -1.16. The SMILES string of the molecule is CSc1ccc(CC(=O)O)cc1N. The number of benzene rings is 1. The van der Waals surface area contributed by atoms with Crippen molar-refractivity contribution in [3.8, 4) is 0 Å². The van der Waals surface area contributed by atoms with E-state index in [9.17, 15) is 4.79 Å². The first kappa shape index (κ1) is 9.92. The highest BCUT2D eigenvalue weighted by Gasteiger charge is 2.03. The van der Waals surface area contributed by atoms with Gasteiger partial charge in [0.05, 0.1) is 6.42 Å². The highest BCUT2D eigenvalue weighted by Crippen LogP contribution is 2.23. The maximum absolute atomic E-state index is 10.4. The predicted molar refractivity (Wildman–Crippen MR) is 54.0 cm³/mol. The van der Waals surface area contributed by atoms with Crippen molar-refractivity contribution in [2.24, 2.45) is 0 Å². The van der Waals surface area contributed by atoms with Crippen LogP contribution in [-0.4, -0.2) is 17.3 Å². The fourth-order valence-electron chi connectivity index (χ4n) is 1.07. The number of anilines is 1. The van der Waals surface area contributed by atoms with Crippen LogP contribution in [-0.2, 0) is 11.2 Å². The molecule has 13 heavy (non-hydrogen) atoms. The third-order valence-electron chi connectivity index (χ3n) is 1.65. The van der Waals surface area contributed by atoms with Gasteiger partial charge in [-0.1, -0.05) is 6.07 Å². The molecule has 0 fully saturated rings. The minimum atomic E-state index is -0.837. The third kappa shape index (κ3) is 2.66. The van der Waals surface area contributed by atoms with E-state index >= 15 is 0 Å². The maximum atomic E-state index is 10.4. The first-order chi connectivity index (χ1) is 6.13. The van der Waals surface area contributed by atoms with Gasteiger partial charge in [-0.15, -0.1) is 11.8 Å². The van der Waals surface area contributed by atoms with E-state index in [1.807, 2.05) is 12.3 Å². The van der Waals surface area contributed by atoms with Gasteiger partial charge >= 0.3 is 5.97 Å². The monoisotopic (exact) mass is 197 g/mol. The molecule has 1 aromatic carbocycles. The van der Waals surface area contributed by atoms with Crippen molar-refractivity contribution in [2.75, 3.05) is 12.0 Å². The van der Waals surface area contributed by atoms with Crippen LogP contribution in [0.15, 0.2) is 23.1 Å². The van der Waals surface area contributed by atoms with E-state index < -0.39 is 5.97 Å². The van der Waals surface area contributed by atoms with Crippen LogP contribution in [0.5, 0.6) is 0 Å². The average Bonchev–Trinajstić information content (AvgIpc) is 2.03. The second-order valence-corrected chi connectivity index (χ2v) is 3.49. The molecule has 0 aromatic heterocycles. The highest BCUT2D eigenvalue weighted by molar-refractivity contribution is 7.98. The van der Waals surface area contributed by atoms with Crippen LogP contribution >= 0.6 is 11.8 Å². The molecular formula is C9H11NO2S. The van der Waals surface area contributed by atoms with Gasteiger partial charge < -0.3 is 10.8 Å². The summed E-state index contributed by atoms with van der Waals surface area (Å²) in [6, 6.07) is 5.34. The largest absolute Gasteiger partial charge is 0.481 e. The van der Waals surface area contributed by atoms with Gasteiger partial charge in [-0.25, -0.2) is 0 Å². The fraction of sp³-hybridized carbons (Fsp3) is 0.222. The Kier molecular flexibility index (Phi) is 3.19. The Balaban J connectivity index is 2.89. The normalized spacial score (nSPS) is 9.92. The van der Waals surface area contributed by atoms with Gasteiger partial charge in [-0.05, 0) is 24.0 Å². The van der Waals surface area contributed by atoms with Crippen LogP contribution in [0, 0.1) is 0 Å². The quantitative estimate of drug-likeness (QED) is 0.571. The van der Waals surface area contributed by atoms with E-state index in [-0.39, 0.29) is 6.42 Å². The zero-order valence-corrected chi connectivity index (χ0v) is 8.10.